The number of nitrogens with zero attached hydrogens (tertiary/aromatic N) is 1. The first-order chi connectivity index (χ1) is 17.0. The molecule has 8 nitrogen and oxygen atoms in total. The highest BCUT2D eigenvalue weighted by atomic mass is 16.2. The number of para-hydroxylation sites is 1. The third kappa shape index (κ3) is 5.22. The van der Waals surface area contributed by atoms with E-state index in [1.807, 2.05) is 30.3 Å². The number of carbonyl (C=O) groups is 3. The number of aryl methyl sites for hydroxylation is 2. The lowest BCUT2D eigenvalue weighted by Gasteiger charge is -2.14. The fourth-order valence-corrected chi connectivity index (χ4v) is 4.18. The topological polar surface area (TPSA) is 116 Å². The Morgan fingerprint density at radius 3 is 2.60 bits per heavy atom. The van der Waals surface area contributed by atoms with Crippen LogP contribution in [0.4, 0.5) is 11.4 Å². The Bertz CT molecular complexity index is 1400. The third-order valence-corrected chi connectivity index (χ3v) is 6.02. The maximum atomic E-state index is 12.6. The quantitative estimate of drug-likeness (QED) is 0.331. The lowest BCUT2D eigenvalue weighted by Crippen LogP contribution is -2.41. The molecule has 0 radical (unpaired) electrons. The summed E-state index contributed by atoms with van der Waals surface area (Å²) in [5, 5.41) is 8.33. The van der Waals surface area contributed by atoms with Crippen LogP contribution < -0.4 is 16.0 Å². The third-order valence-electron chi connectivity index (χ3n) is 6.02. The van der Waals surface area contributed by atoms with E-state index in [1.165, 1.54) is 5.56 Å². The number of imidazole rings is 1. The van der Waals surface area contributed by atoms with Crippen molar-refractivity contribution in [3.8, 4) is 0 Å². The predicted octanol–water partition coefficient (Wildman–Crippen LogP) is 3.82. The molecule has 8 heteroatoms. The van der Waals surface area contributed by atoms with Gasteiger partial charge in [0.1, 0.15) is 11.9 Å². The molecule has 176 valence electrons. The molecule has 1 unspecified atom stereocenters. The number of nitrogens with one attached hydrogen (secondary N) is 4. The van der Waals surface area contributed by atoms with Crippen molar-refractivity contribution in [3.63, 3.8) is 0 Å². The number of aromatic amines is 1. The van der Waals surface area contributed by atoms with E-state index >= 15 is 0 Å². The summed E-state index contributed by atoms with van der Waals surface area (Å²) in [5.74, 6) is -0.0180. The molecular weight excluding hydrogens is 442 g/mol. The summed E-state index contributed by atoms with van der Waals surface area (Å²) in [6.45, 7) is 0. The lowest BCUT2D eigenvalue weighted by atomic mass is 10.1. The van der Waals surface area contributed by atoms with Gasteiger partial charge in [-0.25, -0.2) is 4.98 Å². The molecule has 0 bridgehead atoms. The van der Waals surface area contributed by atoms with Crippen molar-refractivity contribution in [2.75, 3.05) is 10.6 Å². The second kappa shape index (κ2) is 9.80. The summed E-state index contributed by atoms with van der Waals surface area (Å²) in [7, 11) is 0. The van der Waals surface area contributed by atoms with Gasteiger partial charge in [-0.05, 0) is 48.7 Å². The van der Waals surface area contributed by atoms with Crippen molar-refractivity contribution in [2.24, 2.45) is 0 Å². The van der Waals surface area contributed by atoms with Gasteiger partial charge >= 0.3 is 0 Å². The van der Waals surface area contributed by atoms with Crippen LogP contribution in [0.5, 0.6) is 0 Å². The van der Waals surface area contributed by atoms with Gasteiger partial charge in [0.05, 0.1) is 22.3 Å². The second-order valence-electron chi connectivity index (χ2n) is 8.55. The summed E-state index contributed by atoms with van der Waals surface area (Å²) in [5.41, 5.74) is 4.45. The van der Waals surface area contributed by atoms with E-state index < -0.39 is 6.04 Å². The summed E-state index contributed by atoms with van der Waals surface area (Å²) in [6, 6.07) is 21.8. The molecule has 1 aliphatic heterocycles. The van der Waals surface area contributed by atoms with Crippen LogP contribution in [0.3, 0.4) is 0 Å². The number of hydrogen-bond donors (Lipinski definition) is 4. The molecule has 35 heavy (non-hydrogen) atoms. The number of anilines is 2. The first kappa shape index (κ1) is 22.3. The van der Waals surface area contributed by atoms with Gasteiger partial charge in [0.2, 0.25) is 11.8 Å². The van der Waals surface area contributed by atoms with Crippen LogP contribution in [-0.4, -0.2) is 33.7 Å². The summed E-state index contributed by atoms with van der Waals surface area (Å²) < 4.78 is 0. The highest BCUT2D eigenvalue weighted by Gasteiger charge is 2.27. The summed E-state index contributed by atoms with van der Waals surface area (Å²) in [4.78, 5) is 45.5. The molecule has 1 aromatic heterocycles. The first-order valence-corrected chi connectivity index (χ1v) is 11.6. The maximum absolute atomic E-state index is 12.6. The van der Waals surface area contributed by atoms with Gasteiger partial charge < -0.3 is 20.9 Å². The van der Waals surface area contributed by atoms with E-state index in [0.29, 0.717) is 16.9 Å². The molecule has 0 spiro atoms. The fourth-order valence-electron chi connectivity index (χ4n) is 4.18. The van der Waals surface area contributed by atoms with Crippen LogP contribution in [-0.2, 0) is 22.4 Å². The molecule has 1 atom stereocenters. The van der Waals surface area contributed by atoms with Crippen LogP contribution >= 0.6 is 0 Å². The van der Waals surface area contributed by atoms with Crippen LogP contribution in [0.2, 0.25) is 0 Å². The van der Waals surface area contributed by atoms with E-state index in [0.717, 1.165) is 29.7 Å². The zero-order valence-electron chi connectivity index (χ0n) is 19.0. The summed E-state index contributed by atoms with van der Waals surface area (Å²) in [6.07, 6.45) is 1.95. The molecule has 3 aromatic carbocycles. The molecule has 0 aliphatic carbocycles. The summed E-state index contributed by atoms with van der Waals surface area (Å²) >= 11 is 0. The minimum absolute atomic E-state index is 0.0814. The van der Waals surface area contributed by atoms with Gasteiger partial charge in [-0.2, -0.15) is 0 Å². The number of amides is 3. The van der Waals surface area contributed by atoms with Gasteiger partial charge in [0.25, 0.3) is 5.91 Å². The van der Waals surface area contributed by atoms with Crippen molar-refractivity contribution in [3.05, 3.63) is 89.7 Å². The minimum Gasteiger partial charge on any atom is -0.342 e. The van der Waals surface area contributed by atoms with Gasteiger partial charge in [-0.15, -0.1) is 0 Å². The van der Waals surface area contributed by atoms with Crippen molar-refractivity contribution in [1.29, 1.82) is 0 Å². The van der Waals surface area contributed by atoms with E-state index in [1.54, 1.807) is 30.3 Å². The van der Waals surface area contributed by atoms with Crippen molar-refractivity contribution >= 4 is 40.1 Å². The molecule has 2 heterocycles. The maximum Gasteiger partial charge on any atom is 0.254 e. The SMILES string of the molecule is O=C(CCC1NC(=O)c2ccccc2NC1=O)Nc1ccc2nc(CCc3ccccc3)[nH]c2c1. The first-order valence-electron chi connectivity index (χ1n) is 11.6. The van der Waals surface area contributed by atoms with E-state index in [-0.39, 0.29) is 30.6 Å². The number of hydrogen-bond acceptors (Lipinski definition) is 4. The van der Waals surface area contributed by atoms with Gasteiger partial charge in [-0.3, -0.25) is 14.4 Å². The molecule has 0 saturated heterocycles. The predicted molar refractivity (Wildman–Crippen MR) is 134 cm³/mol. The number of aromatic nitrogens is 2. The Morgan fingerprint density at radius 2 is 1.74 bits per heavy atom. The van der Waals surface area contributed by atoms with Gasteiger partial charge in [-0.1, -0.05) is 42.5 Å². The molecule has 4 N–H and O–H groups in total. The zero-order chi connectivity index (χ0) is 24.2. The molecular formula is C27H25N5O3. The second-order valence-corrected chi connectivity index (χ2v) is 8.55. The van der Waals surface area contributed by atoms with Crippen molar-refractivity contribution in [2.45, 2.75) is 31.7 Å². The smallest absolute Gasteiger partial charge is 0.254 e. The van der Waals surface area contributed by atoms with E-state index in [4.69, 9.17) is 0 Å². The van der Waals surface area contributed by atoms with Crippen LogP contribution in [0.1, 0.15) is 34.6 Å². The van der Waals surface area contributed by atoms with Crippen LogP contribution in [0.15, 0.2) is 72.8 Å². The molecule has 3 amide bonds. The average molecular weight is 468 g/mol. The minimum atomic E-state index is -0.789. The largest absolute Gasteiger partial charge is 0.342 e. The number of fused-ring (bicyclic) bond motifs is 2. The highest BCUT2D eigenvalue weighted by Crippen LogP contribution is 2.21. The number of carbonyl (C=O) groups excluding carboxylic acids is 3. The normalized spacial score (nSPS) is 15.1. The fraction of sp³-hybridized carbons (Fsp3) is 0.185. The Labute approximate surface area is 202 Å². The average Bonchev–Trinajstić information content (AvgIpc) is 3.23. The van der Waals surface area contributed by atoms with E-state index in [2.05, 4.69) is 38.1 Å². The van der Waals surface area contributed by atoms with Gasteiger partial charge in [0.15, 0.2) is 0 Å². The number of rotatable bonds is 7. The Hall–Kier alpha value is -4.46. The Balaban J connectivity index is 1.17. The van der Waals surface area contributed by atoms with Crippen LogP contribution in [0, 0.1) is 0 Å². The molecule has 0 saturated carbocycles. The monoisotopic (exact) mass is 467 g/mol. The van der Waals surface area contributed by atoms with Crippen LogP contribution in [0.25, 0.3) is 11.0 Å². The van der Waals surface area contributed by atoms with E-state index in [9.17, 15) is 14.4 Å². The highest BCUT2D eigenvalue weighted by molar-refractivity contribution is 6.10. The van der Waals surface area contributed by atoms with Crippen molar-refractivity contribution < 1.29 is 14.4 Å². The molecule has 1 aliphatic rings. The Kier molecular flexibility index (Phi) is 6.26. The number of H-pyrrole nitrogens is 1. The zero-order valence-corrected chi connectivity index (χ0v) is 19.0. The van der Waals surface area contributed by atoms with Gasteiger partial charge in [0, 0.05) is 18.5 Å². The Morgan fingerprint density at radius 1 is 0.943 bits per heavy atom. The molecule has 4 aromatic rings. The van der Waals surface area contributed by atoms with Crippen molar-refractivity contribution in [1.82, 2.24) is 15.3 Å². The molecule has 5 rings (SSSR count). The molecule has 0 fully saturated rings. The lowest BCUT2D eigenvalue weighted by molar-refractivity contribution is -0.118. The number of benzene rings is 3. The standard InChI is InChI=1S/C27H25N5O3/c33-25(15-13-22-27(35)31-20-9-5-4-8-19(20)26(34)32-22)28-18-11-12-21-23(16-18)30-24(29-21)14-10-17-6-2-1-3-7-17/h1-9,11-12,16,22H,10,13-15H2,(H,28,33)(H,29,30)(H,31,35)(H,32,34).